The van der Waals surface area contributed by atoms with Crippen molar-refractivity contribution < 1.29 is 18.7 Å². The van der Waals surface area contributed by atoms with Crippen molar-refractivity contribution in [2.75, 3.05) is 11.9 Å². The van der Waals surface area contributed by atoms with E-state index in [1.165, 1.54) is 10.7 Å². The van der Waals surface area contributed by atoms with Crippen molar-refractivity contribution in [2.24, 2.45) is 7.05 Å². The number of halogens is 1. The van der Waals surface area contributed by atoms with E-state index in [2.05, 4.69) is 26.3 Å². The number of carbonyl (C=O) groups excluding carboxylic acids is 2. The number of aryl methyl sites for hydroxylation is 2. The number of aromatic nitrogens is 2. The van der Waals surface area contributed by atoms with Gasteiger partial charge < -0.3 is 14.5 Å². The fourth-order valence-electron chi connectivity index (χ4n) is 1.85. The van der Waals surface area contributed by atoms with Gasteiger partial charge in [-0.3, -0.25) is 9.48 Å². The molecular formula is C13H14BrN3O4. The second-order valence-corrected chi connectivity index (χ2v) is 4.99. The van der Waals surface area contributed by atoms with Crippen molar-refractivity contribution in [1.82, 2.24) is 9.78 Å². The number of rotatable bonds is 4. The van der Waals surface area contributed by atoms with Gasteiger partial charge >= 0.3 is 5.97 Å². The van der Waals surface area contributed by atoms with Crippen LogP contribution in [0.1, 0.15) is 33.5 Å². The first-order chi connectivity index (χ1) is 9.93. The molecule has 7 nitrogen and oxygen atoms in total. The average molecular weight is 356 g/mol. The van der Waals surface area contributed by atoms with Gasteiger partial charge in [-0.15, -0.1) is 0 Å². The largest absolute Gasteiger partial charge is 0.462 e. The molecule has 0 aromatic carbocycles. The second kappa shape index (κ2) is 6.13. The van der Waals surface area contributed by atoms with Gasteiger partial charge in [-0.1, -0.05) is 0 Å². The fraction of sp³-hybridized carbons (Fsp3) is 0.308. The first kappa shape index (κ1) is 15.3. The Hall–Kier alpha value is -2.09. The lowest BCUT2D eigenvalue weighted by Gasteiger charge is -2.07. The van der Waals surface area contributed by atoms with Crippen LogP contribution in [-0.2, 0) is 11.8 Å². The minimum absolute atomic E-state index is 0.121. The van der Waals surface area contributed by atoms with Gasteiger partial charge in [-0.2, -0.15) is 5.10 Å². The molecule has 0 aliphatic rings. The molecular weight excluding hydrogens is 342 g/mol. The van der Waals surface area contributed by atoms with Crippen LogP contribution in [0, 0.1) is 6.92 Å². The van der Waals surface area contributed by atoms with Crippen LogP contribution in [0.4, 0.5) is 5.82 Å². The summed E-state index contributed by atoms with van der Waals surface area (Å²) in [6.45, 7) is 3.62. The normalized spacial score (nSPS) is 10.5. The maximum Gasteiger partial charge on any atom is 0.343 e. The summed E-state index contributed by atoms with van der Waals surface area (Å²) in [6, 6.07) is 3.13. The summed E-state index contributed by atoms with van der Waals surface area (Å²) in [5, 5.41) is 6.74. The number of furan rings is 1. The van der Waals surface area contributed by atoms with Crippen molar-refractivity contribution in [2.45, 2.75) is 13.8 Å². The maximum atomic E-state index is 12.1. The predicted octanol–water partition coefficient (Wildman–Crippen LogP) is 2.51. The zero-order valence-corrected chi connectivity index (χ0v) is 13.4. The number of nitrogens with one attached hydrogen (secondary N) is 1. The van der Waals surface area contributed by atoms with Gasteiger partial charge in [0.2, 0.25) is 0 Å². The van der Waals surface area contributed by atoms with Crippen LogP contribution in [0.3, 0.4) is 0 Å². The SMILES string of the molecule is CCOC(=O)c1c(C)nn(C)c1NC(=O)c1ccc(Br)o1. The topological polar surface area (TPSA) is 86.4 Å². The van der Waals surface area contributed by atoms with Crippen molar-refractivity contribution in [3.8, 4) is 0 Å². The Kier molecular flexibility index (Phi) is 4.46. The number of esters is 1. The molecule has 0 radical (unpaired) electrons. The van der Waals surface area contributed by atoms with E-state index >= 15 is 0 Å². The lowest BCUT2D eigenvalue weighted by atomic mass is 10.2. The first-order valence-corrected chi connectivity index (χ1v) is 7.00. The van der Waals surface area contributed by atoms with E-state index in [0.717, 1.165) is 0 Å². The van der Waals surface area contributed by atoms with E-state index in [9.17, 15) is 9.59 Å². The molecule has 0 spiro atoms. The summed E-state index contributed by atoms with van der Waals surface area (Å²) in [5.74, 6) is -0.618. The number of hydrogen-bond donors (Lipinski definition) is 1. The number of nitrogens with zero attached hydrogens (tertiary/aromatic N) is 2. The summed E-state index contributed by atoms with van der Waals surface area (Å²) < 4.78 is 12.0. The van der Waals surface area contributed by atoms with Crippen LogP contribution in [0.15, 0.2) is 21.2 Å². The monoisotopic (exact) mass is 355 g/mol. The number of carbonyl (C=O) groups is 2. The van der Waals surface area contributed by atoms with E-state index in [0.29, 0.717) is 10.4 Å². The Morgan fingerprint density at radius 1 is 1.48 bits per heavy atom. The molecule has 2 aromatic heterocycles. The van der Waals surface area contributed by atoms with E-state index in [1.807, 2.05) is 0 Å². The summed E-state index contributed by atoms with van der Waals surface area (Å²) in [7, 11) is 1.63. The lowest BCUT2D eigenvalue weighted by Crippen LogP contribution is -2.17. The van der Waals surface area contributed by atoms with Gasteiger partial charge in [0, 0.05) is 7.05 Å². The molecule has 0 atom stereocenters. The third-order valence-corrected chi connectivity index (χ3v) is 3.16. The molecule has 8 heteroatoms. The molecule has 0 fully saturated rings. The molecule has 0 bridgehead atoms. The highest BCUT2D eigenvalue weighted by Crippen LogP contribution is 2.22. The third kappa shape index (κ3) is 3.15. The van der Waals surface area contributed by atoms with Gasteiger partial charge in [0.05, 0.1) is 12.3 Å². The van der Waals surface area contributed by atoms with E-state index in [4.69, 9.17) is 9.15 Å². The van der Waals surface area contributed by atoms with Crippen LogP contribution < -0.4 is 5.32 Å². The molecule has 0 unspecified atom stereocenters. The summed E-state index contributed by atoms with van der Waals surface area (Å²) in [6.07, 6.45) is 0. The average Bonchev–Trinajstić information content (AvgIpc) is 2.95. The molecule has 21 heavy (non-hydrogen) atoms. The Bertz CT molecular complexity index is 690. The lowest BCUT2D eigenvalue weighted by molar-refractivity contribution is 0.0526. The number of ether oxygens (including phenoxy) is 1. The van der Waals surface area contributed by atoms with Crippen LogP contribution >= 0.6 is 15.9 Å². The molecule has 1 N–H and O–H groups in total. The Morgan fingerprint density at radius 2 is 2.19 bits per heavy atom. The maximum absolute atomic E-state index is 12.1. The Morgan fingerprint density at radius 3 is 2.76 bits per heavy atom. The van der Waals surface area contributed by atoms with Crippen molar-refractivity contribution >= 4 is 33.6 Å². The van der Waals surface area contributed by atoms with Crippen LogP contribution in [-0.4, -0.2) is 28.3 Å². The van der Waals surface area contributed by atoms with E-state index in [1.54, 1.807) is 27.0 Å². The smallest absolute Gasteiger partial charge is 0.343 e. The van der Waals surface area contributed by atoms with Gasteiger partial charge in [-0.25, -0.2) is 4.79 Å². The second-order valence-electron chi connectivity index (χ2n) is 4.21. The molecule has 0 saturated heterocycles. The van der Waals surface area contributed by atoms with E-state index < -0.39 is 11.9 Å². The highest BCUT2D eigenvalue weighted by Gasteiger charge is 2.24. The van der Waals surface area contributed by atoms with Gasteiger partial charge in [0.15, 0.2) is 10.4 Å². The minimum atomic E-state index is -0.529. The molecule has 112 valence electrons. The quantitative estimate of drug-likeness (QED) is 0.851. The predicted molar refractivity (Wildman–Crippen MR) is 78.3 cm³/mol. The van der Waals surface area contributed by atoms with E-state index in [-0.39, 0.29) is 23.7 Å². The molecule has 2 rings (SSSR count). The molecule has 0 aliphatic carbocycles. The van der Waals surface area contributed by atoms with Crippen molar-refractivity contribution in [3.05, 3.63) is 33.8 Å². The summed E-state index contributed by atoms with van der Waals surface area (Å²) in [5.41, 5.74) is 0.713. The number of hydrogen-bond acceptors (Lipinski definition) is 5. The van der Waals surface area contributed by atoms with Crippen LogP contribution in [0.25, 0.3) is 0 Å². The Labute approximate surface area is 129 Å². The standard InChI is InChI=1S/C13H14BrN3O4/c1-4-20-13(19)10-7(2)16-17(3)11(10)15-12(18)8-5-6-9(14)21-8/h5-6H,4H2,1-3H3,(H,15,18). The molecule has 1 amide bonds. The number of anilines is 1. The first-order valence-electron chi connectivity index (χ1n) is 6.21. The van der Waals surface area contributed by atoms with Gasteiger partial charge in [0.1, 0.15) is 11.4 Å². The highest BCUT2D eigenvalue weighted by atomic mass is 79.9. The summed E-state index contributed by atoms with van der Waals surface area (Å²) >= 11 is 3.12. The Balaban J connectivity index is 2.31. The van der Waals surface area contributed by atoms with Crippen LogP contribution in [0.2, 0.25) is 0 Å². The number of amides is 1. The zero-order chi connectivity index (χ0) is 15.6. The molecule has 2 aromatic rings. The van der Waals surface area contributed by atoms with Gasteiger partial charge in [0.25, 0.3) is 5.91 Å². The fourth-order valence-corrected chi connectivity index (χ4v) is 2.16. The van der Waals surface area contributed by atoms with Crippen molar-refractivity contribution in [1.29, 1.82) is 0 Å². The van der Waals surface area contributed by atoms with Crippen molar-refractivity contribution in [3.63, 3.8) is 0 Å². The highest BCUT2D eigenvalue weighted by molar-refractivity contribution is 9.10. The molecule has 2 heterocycles. The van der Waals surface area contributed by atoms with Gasteiger partial charge in [-0.05, 0) is 41.9 Å². The molecule has 0 aliphatic heterocycles. The molecule has 0 saturated carbocycles. The zero-order valence-electron chi connectivity index (χ0n) is 11.8. The summed E-state index contributed by atoms with van der Waals surface area (Å²) in [4.78, 5) is 24.1. The van der Waals surface area contributed by atoms with Crippen LogP contribution in [0.5, 0.6) is 0 Å². The minimum Gasteiger partial charge on any atom is -0.462 e. The third-order valence-electron chi connectivity index (χ3n) is 2.73.